The molecule has 2 fully saturated rings. The lowest BCUT2D eigenvalue weighted by Crippen LogP contribution is -2.62. The monoisotopic (exact) mass is 509 g/mol. The second kappa shape index (κ2) is 10.8. The molecule has 6 heteroatoms. The van der Waals surface area contributed by atoms with Gasteiger partial charge in [0.25, 0.3) is 5.91 Å². The zero-order valence-corrected chi connectivity index (χ0v) is 23.0. The first-order valence-electron chi connectivity index (χ1n) is 13.3. The van der Waals surface area contributed by atoms with Crippen molar-refractivity contribution < 1.29 is 9.59 Å². The van der Waals surface area contributed by atoms with E-state index in [2.05, 4.69) is 48.4 Å². The zero-order valence-electron chi connectivity index (χ0n) is 22.3. The average molecular weight is 510 g/mol. The van der Waals surface area contributed by atoms with Crippen molar-refractivity contribution >= 4 is 34.8 Å². The summed E-state index contributed by atoms with van der Waals surface area (Å²) in [5, 5.41) is 6.91. The normalized spacial score (nSPS) is 24.8. The molecule has 2 aliphatic rings. The van der Waals surface area contributed by atoms with Gasteiger partial charge in [-0.2, -0.15) is 0 Å². The summed E-state index contributed by atoms with van der Waals surface area (Å²) in [5.41, 5.74) is 3.92. The van der Waals surface area contributed by atoms with Crippen molar-refractivity contribution in [1.29, 1.82) is 0 Å². The van der Waals surface area contributed by atoms with Crippen molar-refractivity contribution in [2.75, 3.05) is 18.5 Å². The summed E-state index contributed by atoms with van der Waals surface area (Å²) in [6, 6.07) is 12.0. The summed E-state index contributed by atoms with van der Waals surface area (Å²) in [5.74, 6) is 0.414. The smallest absolute Gasteiger partial charge is 0.251 e. The second-order valence-corrected chi connectivity index (χ2v) is 11.5. The van der Waals surface area contributed by atoms with Crippen LogP contribution < -0.4 is 15.5 Å². The number of anilines is 2. The number of hydrogen-bond donors (Lipinski definition) is 2. The number of carbonyl (C=O) groups is 2. The minimum absolute atomic E-state index is 0.101. The molecule has 0 bridgehead atoms. The predicted molar refractivity (Wildman–Crippen MR) is 148 cm³/mol. The number of carbonyl (C=O) groups excluding carboxylic acids is 2. The lowest BCUT2D eigenvalue weighted by atomic mass is 9.59. The molecular weight excluding hydrogens is 470 g/mol. The Labute approximate surface area is 221 Å². The number of aryl methyl sites for hydroxylation is 1. The highest BCUT2D eigenvalue weighted by Crippen LogP contribution is 2.47. The molecule has 1 saturated heterocycles. The Morgan fingerprint density at radius 1 is 1.14 bits per heavy atom. The van der Waals surface area contributed by atoms with Gasteiger partial charge in [0.1, 0.15) is 0 Å². The first kappa shape index (κ1) is 26.5. The maximum atomic E-state index is 13.6. The molecule has 2 amide bonds. The summed E-state index contributed by atoms with van der Waals surface area (Å²) in [6.45, 7) is 8.63. The molecule has 1 heterocycles. The van der Waals surface area contributed by atoms with Gasteiger partial charge >= 0.3 is 0 Å². The number of benzene rings is 2. The molecule has 36 heavy (non-hydrogen) atoms. The van der Waals surface area contributed by atoms with E-state index in [0.717, 1.165) is 49.0 Å². The van der Waals surface area contributed by atoms with Crippen molar-refractivity contribution in [3.05, 3.63) is 58.1 Å². The van der Waals surface area contributed by atoms with Gasteiger partial charge in [-0.05, 0) is 87.3 Å². The van der Waals surface area contributed by atoms with Crippen LogP contribution in [0.15, 0.2) is 36.4 Å². The van der Waals surface area contributed by atoms with E-state index in [4.69, 9.17) is 11.6 Å². The SMILES string of the molecule is Cc1cccc(N(C)c2cc(Cl)cc(C(=O)NCC3(C4CCCCC4)C(=O)NC(C)CC3C)c2C)c1. The average Bonchev–Trinajstić information content (AvgIpc) is 2.85. The van der Waals surface area contributed by atoms with Crippen molar-refractivity contribution in [2.24, 2.45) is 17.3 Å². The van der Waals surface area contributed by atoms with E-state index in [-0.39, 0.29) is 29.7 Å². The quantitative estimate of drug-likeness (QED) is 0.463. The van der Waals surface area contributed by atoms with Gasteiger partial charge in [0.15, 0.2) is 0 Å². The molecular formula is C30H40ClN3O2. The number of halogens is 1. The van der Waals surface area contributed by atoms with Crippen molar-refractivity contribution in [3.8, 4) is 0 Å². The number of nitrogens with zero attached hydrogens (tertiary/aromatic N) is 1. The minimum atomic E-state index is -0.573. The first-order valence-corrected chi connectivity index (χ1v) is 13.7. The standard InChI is InChI=1S/C30H40ClN3O2/c1-19-10-9-13-25(14-19)34(5)27-17-24(31)16-26(22(27)4)28(35)32-18-30(23-11-7-6-8-12-23)20(2)15-21(3)33-29(30)36/h9-10,13-14,16-17,20-21,23H,6-8,11-12,15,18H2,1-5H3,(H,32,35)(H,33,36). The third kappa shape index (κ3) is 5.13. The Bertz CT molecular complexity index is 1130. The van der Waals surface area contributed by atoms with E-state index in [9.17, 15) is 9.59 Å². The first-order chi connectivity index (χ1) is 17.1. The van der Waals surface area contributed by atoms with Gasteiger partial charge in [-0.25, -0.2) is 0 Å². The molecule has 194 valence electrons. The summed E-state index contributed by atoms with van der Waals surface area (Å²) < 4.78 is 0. The van der Waals surface area contributed by atoms with E-state index in [1.54, 1.807) is 6.07 Å². The second-order valence-electron chi connectivity index (χ2n) is 11.1. The van der Waals surface area contributed by atoms with Gasteiger partial charge in [0.2, 0.25) is 5.91 Å². The van der Waals surface area contributed by atoms with Gasteiger partial charge in [-0.15, -0.1) is 0 Å². The Hall–Kier alpha value is -2.53. The van der Waals surface area contributed by atoms with E-state index in [1.807, 2.05) is 32.2 Å². The number of amides is 2. The Balaban J connectivity index is 1.61. The highest BCUT2D eigenvalue weighted by Gasteiger charge is 2.52. The van der Waals surface area contributed by atoms with Gasteiger partial charge in [0.05, 0.1) is 5.41 Å². The van der Waals surface area contributed by atoms with Crippen LogP contribution in [0.5, 0.6) is 0 Å². The molecule has 0 radical (unpaired) electrons. The Morgan fingerprint density at radius 3 is 2.53 bits per heavy atom. The topological polar surface area (TPSA) is 61.4 Å². The molecule has 4 rings (SSSR count). The molecule has 3 atom stereocenters. The molecule has 2 aromatic carbocycles. The fourth-order valence-electron chi connectivity index (χ4n) is 6.53. The van der Waals surface area contributed by atoms with Gasteiger partial charge in [-0.1, -0.05) is 49.9 Å². The van der Waals surface area contributed by atoms with Crippen LogP contribution in [0, 0.1) is 31.1 Å². The zero-order chi connectivity index (χ0) is 26.0. The number of rotatable bonds is 6. The van der Waals surface area contributed by atoms with Gasteiger partial charge < -0.3 is 15.5 Å². The highest BCUT2D eigenvalue weighted by molar-refractivity contribution is 6.31. The molecule has 2 N–H and O–H groups in total. The molecule has 2 aromatic rings. The van der Waals surface area contributed by atoms with Crippen LogP contribution >= 0.6 is 11.6 Å². The lowest BCUT2D eigenvalue weighted by Gasteiger charge is -2.49. The van der Waals surface area contributed by atoms with Crippen molar-refractivity contribution in [1.82, 2.24) is 10.6 Å². The van der Waals surface area contributed by atoms with Crippen molar-refractivity contribution in [2.45, 2.75) is 72.3 Å². The van der Waals surface area contributed by atoms with Crippen LogP contribution in [0.2, 0.25) is 5.02 Å². The van der Waals surface area contributed by atoms with Crippen LogP contribution in [0.4, 0.5) is 11.4 Å². The molecule has 0 aromatic heterocycles. The number of piperidine rings is 1. The summed E-state index contributed by atoms with van der Waals surface area (Å²) in [4.78, 5) is 29.2. The number of hydrogen-bond acceptors (Lipinski definition) is 3. The fraction of sp³-hybridized carbons (Fsp3) is 0.533. The van der Waals surface area contributed by atoms with Gasteiger partial charge in [-0.3, -0.25) is 9.59 Å². The largest absolute Gasteiger partial charge is 0.353 e. The molecule has 1 saturated carbocycles. The van der Waals surface area contributed by atoms with Crippen molar-refractivity contribution in [3.63, 3.8) is 0 Å². The molecule has 3 unspecified atom stereocenters. The van der Waals surface area contributed by atoms with Crippen LogP contribution in [0.3, 0.4) is 0 Å². The van der Waals surface area contributed by atoms with Crippen LogP contribution in [-0.4, -0.2) is 31.4 Å². The minimum Gasteiger partial charge on any atom is -0.353 e. The third-order valence-electron chi connectivity index (χ3n) is 8.60. The van der Waals surface area contributed by atoms with Crippen LogP contribution in [-0.2, 0) is 4.79 Å². The van der Waals surface area contributed by atoms with Crippen LogP contribution in [0.1, 0.15) is 73.9 Å². The predicted octanol–water partition coefficient (Wildman–Crippen LogP) is 6.57. The molecule has 1 aliphatic heterocycles. The Kier molecular flexibility index (Phi) is 7.99. The van der Waals surface area contributed by atoms with E-state index in [1.165, 1.54) is 12.0 Å². The fourth-order valence-corrected chi connectivity index (χ4v) is 6.74. The molecule has 0 spiro atoms. The maximum absolute atomic E-state index is 13.6. The highest BCUT2D eigenvalue weighted by atomic mass is 35.5. The lowest BCUT2D eigenvalue weighted by molar-refractivity contribution is -0.144. The maximum Gasteiger partial charge on any atom is 0.251 e. The summed E-state index contributed by atoms with van der Waals surface area (Å²) >= 11 is 6.52. The van der Waals surface area contributed by atoms with E-state index >= 15 is 0 Å². The molecule has 5 nitrogen and oxygen atoms in total. The summed E-state index contributed by atoms with van der Waals surface area (Å²) in [6.07, 6.45) is 6.55. The van der Waals surface area contributed by atoms with E-state index in [0.29, 0.717) is 17.1 Å². The third-order valence-corrected chi connectivity index (χ3v) is 8.82. The summed E-state index contributed by atoms with van der Waals surface area (Å²) in [7, 11) is 1.99. The van der Waals surface area contributed by atoms with Crippen LogP contribution in [0.25, 0.3) is 0 Å². The van der Waals surface area contributed by atoms with Gasteiger partial charge in [0, 0.05) is 41.6 Å². The van der Waals surface area contributed by atoms with E-state index < -0.39 is 5.41 Å². The Morgan fingerprint density at radius 2 is 1.86 bits per heavy atom. The number of nitrogens with one attached hydrogen (secondary N) is 2. The molecule has 1 aliphatic carbocycles.